The van der Waals surface area contributed by atoms with Crippen LogP contribution < -0.4 is 0 Å². The maximum absolute atomic E-state index is 11.3. The van der Waals surface area contributed by atoms with Crippen LogP contribution in [0.25, 0.3) is 0 Å². The quantitative estimate of drug-likeness (QED) is 0.641. The molecule has 0 aromatic rings. The maximum Gasteiger partial charge on any atom is 0.223 e. The highest BCUT2D eigenvalue weighted by atomic mass is 16.2. The van der Waals surface area contributed by atoms with Gasteiger partial charge in [-0.15, -0.1) is 0 Å². The zero-order chi connectivity index (χ0) is 9.78. The van der Waals surface area contributed by atoms with Gasteiger partial charge in [0, 0.05) is 13.5 Å². The lowest BCUT2D eigenvalue weighted by molar-refractivity contribution is -0.133. The molecule has 0 saturated heterocycles. The van der Waals surface area contributed by atoms with E-state index in [9.17, 15) is 4.79 Å². The van der Waals surface area contributed by atoms with Gasteiger partial charge < -0.3 is 4.90 Å². The minimum Gasteiger partial charge on any atom is -0.328 e. The van der Waals surface area contributed by atoms with Gasteiger partial charge in [0.25, 0.3) is 0 Å². The van der Waals surface area contributed by atoms with E-state index in [-0.39, 0.29) is 5.91 Å². The Morgan fingerprint density at radius 3 is 2.42 bits per heavy atom. The Morgan fingerprint density at radius 1 is 1.58 bits per heavy atom. The molecule has 0 aromatic heterocycles. The summed E-state index contributed by atoms with van der Waals surface area (Å²) in [5.74, 6) is 0.0315. The van der Waals surface area contributed by atoms with Gasteiger partial charge in [0.2, 0.25) is 5.91 Å². The largest absolute Gasteiger partial charge is 0.328 e. The number of carbonyl (C=O) groups excluding carboxylic acids is 1. The number of carbonyl (C=O) groups is 1. The predicted molar refractivity (Wildman–Crippen MR) is 47.4 cm³/mol. The van der Waals surface area contributed by atoms with Gasteiger partial charge in [0.05, 0.1) is 6.07 Å². The van der Waals surface area contributed by atoms with Gasteiger partial charge in [-0.1, -0.05) is 6.92 Å². The fraction of sp³-hybridized carbons (Fsp3) is 0.778. The predicted octanol–water partition coefficient (Wildman–Crippen LogP) is 1.55. The molecule has 3 heteroatoms. The molecule has 0 aliphatic rings. The summed E-state index contributed by atoms with van der Waals surface area (Å²) in [5.41, 5.74) is -0.688. The molecule has 0 spiro atoms. The number of nitriles is 1. The average Bonchev–Trinajstić information content (AvgIpc) is 2.03. The van der Waals surface area contributed by atoms with E-state index in [1.165, 1.54) is 4.90 Å². The summed E-state index contributed by atoms with van der Waals surface area (Å²) in [6, 6.07) is 2.09. The smallest absolute Gasteiger partial charge is 0.223 e. The van der Waals surface area contributed by atoms with Crippen LogP contribution in [0.2, 0.25) is 0 Å². The van der Waals surface area contributed by atoms with Crippen LogP contribution >= 0.6 is 0 Å². The first-order chi connectivity index (χ1) is 5.45. The molecule has 0 unspecified atom stereocenters. The van der Waals surface area contributed by atoms with Crippen molar-refractivity contribution in [1.82, 2.24) is 4.90 Å². The minimum absolute atomic E-state index is 0.0315. The van der Waals surface area contributed by atoms with Crippen LogP contribution in [0.15, 0.2) is 0 Å². The van der Waals surface area contributed by atoms with Crippen LogP contribution in [0, 0.1) is 11.3 Å². The number of amides is 1. The molecule has 12 heavy (non-hydrogen) atoms. The van der Waals surface area contributed by atoms with Crippen molar-refractivity contribution in [2.45, 2.75) is 39.2 Å². The van der Waals surface area contributed by atoms with Gasteiger partial charge >= 0.3 is 0 Å². The molecule has 0 N–H and O–H groups in total. The highest BCUT2D eigenvalue weighted by Gasteiger charge is 2.26. The molecule has 0 atom stereocenters. The van der Waals surface area contributed by atoms with Crippen molar-refractivity contribution < 1.29 is 4.79 Å². The number of hydrogen-bond donors (Lipinski definition) is 0. The first kappa shape index (κ1) is 11.0. The van der Waals surface area contributed by atoms with Gasteiger partial charge in [-0.3, -0.25) is 4.79 Å². The molecule has 1 amide bonds. The van der Waals surface area contributed by atoms with E-state index < -0.39 is 5.54 Å². The topological polar surface area (TPSA) is 44.1 Å². The van der Waals surface area contributed by atoms with Gasteiger partial charge in [0.1, 0.15) is 5.54 Å². The first-order valence-corrected chi connectivity index (χ1v) is 4.13. The molecule has 0 bridgehead atoms. The summed E-state index contributed by atoms with van der Waals surface area (Å²) in [6.07, 6.45) is 1.34. The third-order valence-electron chi connectivity index (χ3n) is 1.95. The van der Waals surface area contributed by atoms with Crippen LogP contribution in [0.1, 0.15) is 33.6 Å². The van der Waals surface area contributed by atoms with E-state index in [0.717, 1.165) is 6.42 Å². The molecule has 0 heterocycles. The normalized spacial score (nSPS) is 10.6. The van der Waals surface area contributed by atoms with E-state index in [0.29, 0.717) is 6.42 Å². The van der Waals surface area contributed by atoms with Crippen molar-refractivity contribution in [2.24, 2.45) is 0 Å². The van der Waals surface area contributed by atoms with E-state index in [2.05, 4.69) is 6.07 Å². The SMILES string of the molecule is CCCC(=O)N(C)C(C)(C)C#N. The fourth-order valence-corrected chi connectivity index (χ4v) is 0.768. The molecular weight excluding hydrogens is 152 g/mol. The summed E-state index contributed by atoms with van der Waals surface area (Å²) in [5, 5.41) is 8.74. The molecule has 0 radical (unpaired) electrons. The highest BCUT2D eigenvalue weighted by molar-refractivity contribution is 5.77. The third-order valence-corrected chi connectivity index (χ3v) is 1.95. The molecule has 0 fully saturated rings. The van der Waals surface area contributed by atoms with E-state index in [1.54, 1.807) is 20.9 Å². The Labute approximate surface area is 74.0 Å². The van der Waals surface area contributed by atoms with Crippen molar-refractivity contribution in [3.63, 3.8) is 0 Å². The molecule has 0 saturated carbocycles. The van der Waals surface area contributed by atoms with Crippen LogP contribution in [0.3, 0.4) is 0 Å². The van der Waals surface area contributed by atoms with Crippen LogP contribution in [0.5, 0.6) is 0 Å². The third kappa shape index (κ3) is 2.54. The standard InChI is InChI=1S/C9H16N2O/c1-5-6-8(12)11(4)9(2,3)7-10/h5-6H2,1-4H3. The van der Waals surface area contributed by atoms with Crippen LogP contribution in [0.4, 0.5) is 0 Å². The summed E-state index contributed by atoms with van der Waals surface area (Å²) in [4.78, 5) is 12.8. The lowest BCUT2D eigenvalue weighted by atomic mass is 10.1. The summed E-state index contributed by atoms with van der Waals surface area (Å²) in [7, 11) is 1.67. The monoisotopic (exact) mass is 168 g/mol. The molecule has 0 aliphatic heterocycles. The lowest BCUT2D eigenvalue weighted by Crippen LogP contribution is -2.43. The zero-order valence-corrected chi connectivity index (χ0v) is 8.22. The van der Waals surface area contributed by atoms with Crippen molar-refractivity contribution in [3.05, 3.63) is 0 Å². The second-order valence-corrected chi connectivity index (χ2v) is 3.37. The molecule has 0 rings (SSSR count). The Morgan fingerprint density at radius 2 is 2.08 bits per heavy atom. The molecule has 0 aliphatic carbocycles. The number of nitrogens with zero attached hydrogens (tertiary/aromatic N) is 2. The molecule has 68 valence electrons. The first-order valence-electron chi connectivity index (χ1n) is 4.13. The van der Waals surface area contributed by atoms with E-state index in [1.807, 2.05) is 6.92 Å². The molecule has 0 aromatic carbocycles. The second kappa shape index (κ2) is 4.10. The van der Waals surface area contributed by atoms with Gasteiger partial charge in [-0.2, -0.15) is 5.26 Å². The Kier molecular flexibility index (Phi) is 3.75. The van der Waals surface area contributed by atoms with E-state index >= 15 is 0 Å². The summed E-state index contributed by atoms with van der Waals surface area (Å²) in [6.45, 7) is 5.42. The van der Waals surface area contributed by atoms with Crippen LogP contribution in [-0.4, -0.2) is 23.4 Å². The van der Waals surface area contributed by atoms with Crippen molar-refractivity contribution in [2.75, 3.05) is 7.05 Å². The number of rotatable bonds is 3. The van der Waals surface area contributed by atoms with Crippen molar-refractivity contribution >= 4 is 5.91 Å². The molecule has 3 nitrogen and oxygen atoms in total. The Balaban J connectivity index is 4.30. The van der Waals surface area contributed by atoms with Crippen molar-refractivity contribution in [3.8, 4) is 6.07 Å². The van der Waals surface area contributed by atoms with Crippen LogP contribution in [-0.2, 0) is 4.79 Å². The molecular formula is C9H16N2O. The highest BCUT2D eigenvalue weighted by Crippen LogP contribution is 2.12. The van der Waals surface area contributed by atoms with Crippen molar-refractivity contribution in [1.29, 1.82) is 5.26 Å². The van der Waals surface area contributed by atoms with Gasteiger partial charge in [-0.05, 0) is 20.3 Å². The Bertz CT molecular complexity index is 203. The van der Waals surface area contributed by atoms with Gasteiger partial charge in [0.15, 0.2) is 0 Å². The minimum atomic E-state index is -0.688. The Hall–Kier alpha value is -1.04. The zero-order valence-electron chi connectivity index (χ0n) is 8.22. The number of hydrogen-bond acceptors (Lipinski definition) is 2. The van der Waals surface area contributed by atoms with Gasteiger partial charge in [-0.25, -0.2) is 0 Å². The average molecular weight is 168 g/mol. The summed E-state index contributed by atoms with van der Waals surface area (Å²) >= 11 is 0. The van der Waals surface area contributed by atoms with E-state index in [4.69, 9.17) is 5.26 Å². The second-order valence-electron chi connectivity index (χ2n) is 3.37. The maximum atomic E-state index is 11.3. The summed E-state index contributed by atoms with van der Waals surface area (Å²) < 4.78 is 0. The lowest BCUT2D eigenvalue weighted by Gasteiger charge is -2.28. The fourth-order valence-electron chi connectivity index (χ4n) is 0.768.